The smallest absolute Gasteiger partial charge is 0.328 e. The fourth-order valence-corrected chi connectivity index (χ4v) is 3.73. The number of aromatic nitrogens is 1. The number of anilines is 1. The van der Waals surface area contributed by atoms with Crippen LogP contribution in [0, 0.1) is 11.2 Å². The number of carbonyl (C=O) groups excluding carboxylic acids is 1. The first-order valence-electron chi connectivity index (χ1n) is 8.46. The molecule has 1 unspecified atom stereocenters. The van der Waals surface area contributed by atoms with Crippen molar-refractivity contribution >= 4 is 23.4 Å². The van der Waals surface area contributed by atoms with E-state index in [-0.39, 0.29) is 17.2 Å². The van der Waals surface area contributed by atoms with Crippen molar-refractivity contribution in [1.29, 1.82) is 0 Å². The van der Waals surface area contributed by atoms with Crippen molar-refractivity contribution in [2.75, 3.05) is 18.0 Å². The third kappa shape index (κ3) is 2.50. The molecular formula is C18H16ClFN4O2. The number of nitrogens with zero attached hydrogens (tertiary/aromatic N) is 3. The maximum absolute atomic E-state index is 13.8. The molecule has 2 amide bonds. The summed E-state index contributed by atoms with van der Waals surface area (Å²) in [6, 6.07) is 4.03. The van der Waals surface area contributed by atoms with Gasteiger partial charge in [-0.2, -0.15) is 4.98 Å². The molecule has 134 valence electrons. The zero-order valence-corrected chi connectivity index (χ0v) is 14.5. The first-order valence-corrected chi connectivity index (χ1v) is 8.84. The minimum atomic E-state index is -0.558. The molecule has 8 heteroatoms. The molecule has 2 aromatic rings. The molecule has 1 spiro atoms. The van der Waals surface area contributed by atoms with Gasteiger partial charge in [0.05, 0.1) is 5.02 Å². The Morgan fingerprint density at radius 2 is 2.15 bits per heavy atom. The van der Waals surface area contributed by atoms with Crippen molar-refractivity contribution in [2.24, 2.45) is 5.41 Å². The molecule has 26 heavy (non-hydrogen) atoms. The van der Waals surface area contributed by atoms with Gasteiger partial charge in [0, 0.05) is 24.9 Å². The lowest BCUT2D eigenvalue weighted by Crippen LogP contribution is -2.61. The minimum Gasteiger partial charge on any atom is -0.441 e. The predicted molar refractivity (Wildman–Crippen MR) is 94.1 cm³/mol. The topological polar surface area (TPSA) is 61.6 Å². The van der Waals surface area contributed by atoms with E-state index in [2.05, 4.69) is 15.2 Å². The molecule has 1 N–H and O–H groups in total. The monoisotopic (exact) mass is 374 g/mol. The molecule has 2 fully saturated rings. The molecule has 1 aliphatic carbocycles. The Kier molecular flexibility index (Phi) is 3.39. The van der Waals surface area contributed by atoms with Crippen molar-refractivity contribution in [3.05, 3.63) is 47.7 Å². The van der Waals surface area contributed by atoms with Gasteiger partial charge in [-0.15, -0.1) is 0 Å². The van der Waals surface area contributed by atoms with Crippen LogP contribution in [-0.4, -0.2) is 35.2 Å². The highest BCUT2D eigenvalue weighted by Crippen LogP contribution is 2.53. The number of carbonyl (C=O) groups is 1. The van der Waals surface area contributed by atoms with E-state index in [9.17, 15) is 9.18 Å². The lowest BCUT2D eigenvalue weighted by molar-refractivity contribution is 0.0449. The van der Waals surface area contributed by atoms with E-state index < -0.39 is 5.82 Å². The standard InChI is InChI=1S/C18H16ClFN4O2/c19-12-2-1-11(7-13(12)20)15-16(21-10-26-15)24-6-3-14(22-17(24)25)23-8-18(9-23)4-5-18/h1-3,6-7,10,14H,4-5,8-9H2,(H,22,25). The van der Waals surface area contributed by atoms with E-state index in [4.69, 9.17) is 16.0 Å². The highest BCUT2D eigenvalue weighted by molar-refractivity contribution is 6.30. The first kappa shape index (κ1) is 15.8. The predicted octanol–water partition coefficient (Wildman–Crippen LogP) is 3.60. The van der Waals surface area contributed by atoms with Crippen LogP contribution in [0.1, 0.15) is 12.8 Å². The maximum atomic E-state index is 13.8. The lowest BCUT2D eigenvalue weighted by Gasteiger charge is -2.45. The van der Waals surface area contributed by atoms with Gasteiger partial charge in [-0.05, 0) is 42.5 Å². The Morgan fingerprint density at radius 3 is 2.85 bits per heavy atom. The number of hydrogen-bond donors (Lipinski definition) is 1. The number of urea groups is 1. The summed E-state index contributed by atoms with van der Waals surface area (Å²) in [7, 11) is 0. The second-order valence-electron chi connectivity index (χ2n) is 7.14. The summed E-state index contributed by atoms with van der Waals surface area (Å²) in [5, 5.41) is 2.99. The minimum absolute atomic E-state index is 0.0243. The van der Waals surface area contributed by atoms with E-state index in [0.717, 1.165) is 13.1 Å². The van der Waals surface area contributed by atoms with E-state index >= 15 is 0 Å². The SMILES string of the molecule is O=C1NC(N2CC3(CC3)C2)C=CN1c1ncoc1-c1ccc(Cl)c(F)c1. The Bertz CT molecular complexity index is 916. The largest absolute Gasteiger partial charge is 0.441 e. The van der Waals surface area contributed by atoms with Crippen LogP contribution >= 0.6 is 11.6 Å². The molecule has 1 aromatic carbocycles. The summed E-state index contributed by atoms with van der Waals surface area (Å²) in [5.74, 6) is 0.0536. The molecule has 0 bridgehead atoms. The van der Waals surface area contributed by atoms with Gasteiger partial charge < -0.3 is 9.73 Å². The van der Waals surface area contributed by atoms with Gasteiger partial charge in [0.2, 0.25) is 0 Å². The highest BCUT2D eigenvalue weighted by Gasteiger charge is 2.54. The third-order valence-electron chi connectivity index (χ3n) is 5.29. The van der Waals surface area contributed by atoms with Gasteiger partial charge in [-0.3, -0.25) is 9.80 Å². The number of nitrogens with one attached hydrogen (secondary N) is 1. The van der Waals surface area contributed by atoms with Gasteiger partial charge in [0.25, 0.3) is 0 Å². The fraction of sp³-hybridized carbons (Fsp3) is 0.333. The van der Waals surface area contributed by atoms with Crippen molar-refractivity contribution in [3.63, 3.8) is 0 Å². The molecule has 0 radical (unpaired) electrons. The van der Waals surface area contributed by atoms with E-state index in [1.54, 1.807) is 12.3 Å². The van der Waals surface area contributed by atoms with Crippen LogP contribution in [-0.2, 0) is 0 Å². The van der Waals surface area contributed by atoms with Crippen LogP contribution < -0.4 is 10.2 Å². The molecule has 1 saturated heterocycles. The first-order chi connectivity index (χ1) is 12.5. The number of rotatable bonds is 3. The lowest BCUT2D eigenvalue weighted by atomic mass is 9.96. The molecule has 1 atom stereocenters. The highest BCUT2D eigenvalue weighted by atomic mass is 35.5. The van der Waals surface area contributed by atoms with Crippen molar-refractivity contribution in [2.45, 2.75) is 19.0 Å². The number of oxazole rings is 1. The maximum Gasteiger partial charge on any atom is 0.328 e. The molecule has 5 rings (SSSR count). The fourth-order valence-electron chi connectivity index (χ4n) is 3.61. The third-order valence-corrected chi connectivity index (χ3v) is 5.60. The zero-order chi connectivity index (χ0) is 17.9. The van der Waals surface area contributed by atoms with Gasteiger partial charge in [0.1, 0.15) is 12.0 Å². The molecular weight excluding hydrogens is 359 g/mol. The number of halogens is 2. The van der Waals surface area contributed by atoms with Crippen molar-refractivity contribution in [1.82, 2.24) is 15.2 Å². The summed E-state index contributed by atoms with van der Waals surface area (Å²) in [6.45, 7) is 2.06. The Hall–Kier alpha value is -2.38. The Morgan fingerprint density at radius 1 is 1.35 bits per heavy atom. The second kappa shape index (κ2) is 5.56. The summed E-state index contributed by atoms with van der Waals surface area (Å²) in [6.07, 6.45) is 7.33. The summed E-state index contributed by atoms with van der Waals surface area (Å²) in [4.78, 5) is 20.3. The quantitative estimate of drug-likeness (QED) is 0.891. The van der Waals surface area contributed by atoms with Crippen LogP contribution in [0.3, 0.4) is 0 Å². The zero-order valence-electron chi connectivity index (χ0n) is 13.8. The average Bonchev–Trinajstić information content (AvgIpc) is 3.26. The van der Waals surface area contributed by atoms with Crippen LogP contribution in [0.5, 0.6) is 0 Å². The van der Waals surface area contributed by atoms with Gasteiger partial charge in [-0.25, -0.2) is 9.18 Å². The van der Waals surface area contributed by atoms with Gasteiger partial charge in [0.15, 0.2) is 18.0 Å². The summed E-state index contributed by atoms with van der Waals surface area (Å²) < 4.78 is 19.2. The molecule has 1 aromatic heterocycles. The van der Waals surface area contributed by atoms with E-state index in [1.165, 1.54) is 36.3 Å². The average molecular weight is 375 g/mol. The van der Waals surface area contributed by atoms with Crippen LogP contribution in [0.4, 0.5) is 15.0 Å². The number of benzene rings is 1. The van der Waals surface area contributed by atoms with Crippen LogP contribution in [0.2, 0.25) is 5.02 Å². The molecule has 2 aliphatic heterocycles. The molecule has 3 aliphatic rings. The van der Waals surface area contributed by atoms with Crippen LogP contribution in [0.25, 0.3) is 11.3 Å². The molecule has 1 saturated carbocycles. The van der Waals surface area contributed by atoms with Gasteiger partial charge >= 0.3 is 6.03 Å². The van der Waals surface area contributed by atoms with E-state index in [1.807, 2.05) is 6.08 Å². The molecule has 3 heterocycles. The van der Waals surface area contributed by atoms with Crippen molar-refractivity contribution < 1.29 is 13.6 Å². The Labute approximate surface area is 154 Å². The summed E-state index contributed by atoms with van der Waals surface area (Å²) in [5.41, 5.74) is 0.981. The second-order valence-corrected chi connectivity index (χ2v) is 7.55. The van der Waals surface area contributed by atoms with Gasteiger partial charge in [-0.1, -0.05) is 11.6 Å². The van der Waals surface area contributed by atoms with E-state index in [0.29, 0.717) is 22.6 Å². The summed E-state index contributed by atoms with van der Waals surface area (Å²) >= 11 is 5.73. The normalized spacial score (nSPS) is 23.8. The number of hydrogen-bond acceptors (Lipinski definition) is 4. The Balaban J connectivity index is 1.39. The van der Waals surface area contributed by atoms with Crippen molar-refractivity contribution in [3.8, 4) is 11.3 Å². The molecule has 6 nitrogen and oxygen atoms in total. The number of likely N-dealkylation sites (tertiary alicyclic amines) is 1. The number of amides is 2. The van der Waals surface area contributed by atoms with Crippen LogP contribution in [0.15, 0.2) is 41.3 Å².